The summed E-state index contributed by atoms with van der Waals surface area (Å²) >= 11 is 4.84. The van der Waals surface area contributed by atoms with Gasteiger partial charge in [0.2, 0.25) is 0 Å². The fraction of sp³-hybridized carbons (Fsp3) is 0.500. The van der Waals surface area contributed by atoms with Gasteiger partial charge in [-0.1, -0.05) is 0 Å². The molecule has 11 heteroatoms. The summed E-state index contributed by atoms with van der Waals surface area (Å²) in [4.78, 5) is 12.4. The average molecular weight is 408 g/mol. The summed E-state index contributed by atoms with van der Waals surface area (Å²) in [6.45, 7) is 1.27. The Hall–Kier alpha value is -2.27. The van der Waals surface area contributed by atoms with Crippen LogP contribution in [0.5, 0.6) is 11.5 Å². The number of alkyl halides is 3. The Morgan fingerprint density at radius 2 is 2.00 bits per heavy atom. The molecule has 1 aliphatic rings. The van der Waals surface area contributed by atoms with E-state index in [-0.39, 0.29) is 17.9 Å². The minimum absolute atomic E-state index is 0.140. The van der Waals surface area contributed by atoms with E-state index in [1.165, 1.54) is 39.3 Å². The Bertz CT molecular complexity index is 730. The monoisotopic (exact) mass is 408 g/mol. The van der Waals surface area contributed by atoms with Crippen LogP contribution in [0.25, 0.3) is 0 Å². The number of ether oxygens (including phenoxy) is 3. The Labute approximate surface area is 158 Å². The van der Waals surface area contributed by atoms with Gasteiger partial charge in [-0.15, -0.1) is 0 Å². The lowest BCUT2D eigenvalue weighted by Gasteiger charge is -2.45. The molecular weight excluding hydrogens is 389 g/mol. The Balaban J connectivity index is 2.67. The lowest BCUT2D eigenvalue weighted by molar-refractivity contribution is -0.292. The molecule has 0 amide bonds. The van der Waals surface area contributed by atoms with Gasteiger partial charge in [-0.3, -0.25) is 4.79 Å². The highest BCUT2D eigenvalue weighted by atomic mass is 32.1. The van der Waals surface area contributed by atoms with Gasteiger partial charge in [-0.25, -0.2) is 0 Å². The lowest BCUT2D eigenvalue weighted by atomic mass is 9.81. The first kappa shape index (κ1) is 21.0. The van der Waals surface area contributed by atoms with Crippen LogP contribution in [0.3, 0.4) is 0 Å². The van der Waals surface area contributed by atoms with Crippen molar-refractivity contribution in [3.05, 3.63) is 23.8 Å². The fourth-order valence-corrected chi connectivity index (χ4v) is 3.16. The number of nitrogens with one attached hydrogen (secondary N) is 2. The third kappa shape index (κ3) is 3.88. The highest BCUT2D eigenvalue weighted by molar-refractivity contribution is 7.80. The summed E-state index contributed by atoms with van der Waals surface area (Å²) in [7, 11) is 2.70. The van der Waals surface area contributed by atoms with E-state index in [1.807, 2.05) is 0 Å². The molecule has 1 aromatic carbocycles. The molecule has 3 atom stereocenters. The number of carbonyl (C=O) groups is 1. The zero-order valence-corrected chi connectivity index (χ0v) is 15.5. The summed E-state index contributed by atoms with van der Waals surface area (Å²) in [5, 5.41) is 14.3. The van der Waals surface area contributed by atoms with Crippen LogP contribution >= 0.6 is 12.2 Å². The zero-order chi connectivity index (χ0) is 20.4. The van der Waals surface area contributed by atoms with E-state index < -0.39 is 34.9 Å². The normalized spacial score (nSPS) is 25.2. The molecule has 3 unspecified atom stereocenters. The number of rotatable bonds is 5. The van der Waals surface area contributed by atoms with Crippen LogP contribution in [0, 0.1) is 5.92 Å². The largest absolute Gasteiger partial charge is 0.497 e. The maximum absolute atomic E-state index is 13.7. The van der Waals surface area contributed by atoms with Crippen molar-refractivity contribution in [1.82, 2.24) is 10.6 Å². The summed E-state index contributed by atoms with van der Waals surface area (Å²) < 4.78 is 56.2. The van der Waals surface area contributed by atoms with Crippen molar-refractivity contribution in [3.8, 4) is 11.5 Å². The molecular formula is C16H19F3N2O5S. The topological polar surface area (TPSA) is 89.1 Å². The Morgan fingerprint density at radius 1 is 1.33 bits per heavy atom. The van der Waals surface area contributed by atoms with Crippen molar-refractivity contribution < 1.29 is 37.3 Å². The molecule has 150 valence electrons. The SMILES string of the molecule is CCOC(=O)C1C(c2cc(OC)ccc2OC)NC(=S)NC1(O)C(F)(F)F. The number of methoxy groups -OCH3 is 2. The first-order chi connectivity index (χ1) is 12.6. The third-order valence-electron chi connectivity index (χ3n) is 4.12. The van der Waals surface area contributed by atoms with Gasteiger partial charge in [0.25, 0.3) is 5.72 Å². The van der Waals surface area contributed by atoms with Crippen LogP contribution in [0.4, 0.5) is 13.2 Å². The smallest absolute Gasteiger partial charge is 0.437 e. The molecule has 2 rings (SSSR count). The molecule has 1 aliphatic heterocycles. The van der Waals surface area contributed by atoms with E-state index >= 15 is 0 Å². The maximum Gasteiger partial charge on any atom is 0.437 e. The maximum atomic E-state index is 13.7. The van der Waals surface area contributed by atoms with E-state index in [0.29, 0.717) is 5.75 Å². The molecule has 0 saturated carbocycles. The second kappa shape index (κ2) is 7.77. The predicted octanol–water partition coefficient (Wildman–Crippen LogP) is 1.65. The lowest BCUT2D eigenvalue weighted by Crippen LogP contribution is -2.73. The van der Waals surface area contributed by atoms with Crippen molar-refractivity contribution in [1.29, 1.82) is 0 Å². The first-order valence-corrected chi connectivity index (χ1v) is 8.26. The van der Waals surface area contributed by atoms with Gasteiger partial charge in [-0.2, -0.15) is 13.2 Å². The van der Waals surface area contributed by atoms with Crippen molar-refractivity contribution in [3.63, 3.8) is 0 Å². The summed E-state index contributed by atoms with van der Waals surface area (Å²) in [5.41, 5.74) is -3.50. The van der Waals surface area contributed by atoms with E-state index in [1.54, 1.807) is 5.32 Å². The molecule has 1 fully saturated rings. The number of esters is 1. The molecule has 7 nitrogen and oxygen atoms in total. The standard InChI is InChI=1S/C16H19F3N2O5S/c1-4-26-13(22)11-12(9-7-8(24-2)5-6-10(9)25-3)20-14(27)21-15(11,23)16(17,18)19/h5-7,11-12,23H,4H2,1-3H3,(H2,20,21,27). The number of benzene rings is 1. The quantitative estimate of drug-likeness (QED) is 0.501. The van der Waals surface area contributed by atoms with Gasteiger partial charge in [0.1, 0.15) is 17.4 Å². The summed E-state index contributed by atoms with van der Waals surface area (Å²) in [6.07, 6.45) is -5.22. The van der Waals surface area contributed by atoms with Crippen LogP contribution < -0.4 is 20.1 Å². The second-order valence-electron chi connectivity index (χ2n) is 5.68. The molecule has 0 radical (unpaired) electrons. The van der Waals surface area contributed by atoms with Crippen LogP contribution in [0.2, 0.25) is 0 Å². The first-order valence-electron chi connectivity index (χ1n) is 7.85. The minimum Gasteiger partial charge on any atom is -0.497 e. The molecule has 27 heavy (non-hydrogen) atoms. The van der Waals surface area contributed by atoms with E-state index in [0.717, 1.165) is 0 Å². The Morgan fingerprint density at radius 3 is 2.52 bits per heavy atom. The number of halogens is 3. The third-order valence-corrected chi connectivity index (χ3v) is 4.34. The van der Waals surface area contributed by atoms with E-state index in [2.05, 4.69) is 5.32 Å². The highest BCUT2D eigenvalue weighted by Gasteiger charge is 2.66. The highest BCUT2D eigenvalue weighted by Crippen LogP contribution is 2.45. The fourth-order valence-electron chi connectivity index (χ4n) is 2.88. The average Bonchev–Trinajstić information content (AvgIpc) is 2.59. The number of carbonyl (C=O) groups excluding carboxylic acids is 1. The molecule has 3 N–H and O–H groups in total. The van der Waals surface area contributed by atoms with Gasteiger partial charge < -0.3 is 30.0 Å². The van der Waals surface area contributed by atoms with Crippen molar-refractivity contribution in [2.24, 2.45) is 5.92 Å². The molecule has 0 aliphatic carbocycles. The van der Waals surface area contributed by atoms with Crippen molar-refractivity contribution in [2.45, 2.75) is 24.9 Å². The van der Waals surface area contributed by atoms with Crippen LogP contribution in [0.15, 0.2) is 18.2 Å². The molecule has 0 spiro atoms. The minimum atomic E-state index is -5.22. The van der Waals surface area contributed by atoms with Gasteiger partial charge in [0, 0.05) is 5.56 Å². The van der Waals surface area contributed by atoms with Gasteiger partial charge in [0.15, 0.2) is 5.11 Å². The molecule has 0 bridgehead atoms. The predicted molar refractivity (Wildman–Crippen MR) is 92.3 cm³/mol. The molecule has 1 aromatic rings. The van der Waals surface area contributed by atoms with Gasteiger partial charge in [0.05, 0.1) is 26.9 Å². The molecule has 1 heterocycles. The number of aliphatic hydroxyl groups is 1. The Kier molecular flexibility index (Phi) is 6.05. The number of hydrogen-bond acceptors (Lipinski definition) is 6. The van der Waals surface area contributed by atoms with Gasteiger partial charge in [-0.05, 0) is 37.3 Å². The van der Waals surface area contributed by atoms with Crippen molar-refractivity contribution in [2.75, 3.05) is 20.8 Å². The molecule has 0 aromatic heterocycles. The van der Waals surface area contributed by atoms with E-state index in [9.17, 15) is 23.1 Å². The van der Waals surface area contributed by atoms with Gasteiger partial charge >= 0.3 is 12.1 Å². The number of thiocarbonyl (C=S) groups is 1. The van der Waals surface area contributed by atoms with Crippen LogP contribution in [0.1, 0.15) is 18.5 Å². The summed E-state index contributed by atoms with van der Waals surface area (Å²) in [6, 6.07) is 3.01. The molecule has 1 saturated heterocycles. The van der Waals surface area contributed by atoms with Crippen molar-refractivity contribution >= 4 is 23.3 Å². The summed E-state index contributed by atoms with van der Waals surface area (Å²) in [5.74, 6) is -2.87. The zero-order valence-electron chi connectivity index (χ0n) is 14.7. The van der Waals surface area contributed by atoms with E-state index in [4.69, 9.17) is 26.4 Å². The second-order valence-corrected chi connectivity index (χ2v) is 6.09. The van der Waals surface area contributed by atoms with Crippen LogP contribution in [-0.2, 0) is 9.53 Å². The number of hydrogen-bond donors (Lipinski definition) is 3. The van der Waals surface area contributed by atoms with Crippen LogP contribution in [-0.4, -0.2) is 48.9 Å².